The molecule has 0 atom stereocenters. The Morgan fingerprint density at radius 3 is 2.44 bits per heavy atom. The van der Waals surface area contributed by atoms with E-state index in [1.165, 1.54) is 23.2 Å². The maximum Gasteiger partial charge on any atom is 0.148 e. The Balaban J connectivity index is 1.99. The number of aliphatic hydroxyl groups excluding tert-OH is 2. The average molecular weight is 461 g/mol. The summed E-state index contributed by atoms with van der Waals surface area (Å²) in [6, 6.07) is 3.73. The summed E-state index contributed by atoms with van der Waals surface area (Å²) in [5, 5.41) is 20.0. The molecular weight excluding hydrogens is 438 g/mol. The van der Waals surface area contributed by atoms with E-state index in [-0.39, 0.29) is 33.3 Å². The van der Waals surface area contributed by atoms with Crippen molar-refractivity contribution in [3.63, 3.8) is 0 Å². The second-order valence-corrected chi connectivity index (χ2v) is 8.80. The number of nitrogens with zero attached hydrogens (tertiary/aromatic N) is 2. The second kappa shape index (κ2) is 7.51. The van der Waals surface area contributed by atoms with Crippen molar-refractivity contribution in [3.8, 4) is 0 Å². The Labute approximate surface area is 189 Å². The van der Waals surface area contributed by atoms with Gasteiger partial charge in [0.15, 0.2) is 0 Å². The molecular formula is C23H23ClF2N4O2. The molecule has 0 spiro atoms. The van der Waals surface area contributed by atoms with E-state index in [9.17, 15) is 14.6 Å². The van der Waals surface area contributed by atoms with Gasteiger partial charge in [0, 0.05) is 41.5 Å². The highest BCUT2D eigenvalue weighted by Crippen LogP contribution is 2.51. The van der Waals surface area contributed by atoms with Gasteiger partial charge in [0.05, 0.1) is 34.4 Å². The molecule has 1 fully saturated rings. The fourth-order valence-electron chi connectivity index (χ4n) is 4.16. The summed E-state index contributed by atoms with van der Waals surface area (Å²) in [5.41, 5.74) is 13.2. The van der Waals surface area contributed by atoms with Gasteiger partial charge in [-0.25, -0.2) is 8.78 Å². The standard InChI is InChI=1S/C23H23ClF2N4O2/c1-11-14-5-17(26)22(29-9-23(3,28)10-29)20(24)21(14)30(7-15(11)12(2)32)19-6-18(27)16(25)4-13(19)8-31/h4-7,31-32H,1-2,8-10,27-28H2,3H3. The lowest BCUT2D eigenvalue weighted by molar-refractivity contribution is 0.281. The molecule has 0 unspecified atom stereocenters. The fourth-order valence-corrected chi connectivity index (χ4v) is 4.57. The van der Waals surface area contributed by atoms with Crippen LogP contribution in [0.15, 0.2) is 48.9 Å². The topological polar surface area (TPSA) is 99.0 Å². The number of nitrogen functional groups attached to an aromatic ring is 1. The summed E-state index contributed by atoms with van der Waals surface area (Å²) in [6.07, 6.45) is 1.50. The lowest BCUT2D eigenvalue weighted by Gasteiger charge is -2.47. The predicted octanol–water partition coefficient (Wildman–Crippen LogP) is 4.35. The normalized spacial score (nSPS) is 17.1. The molecule has 2 aliphatic heterocycles. The van der Waals surface area contributed by atoms with Crippen LogP contribution < -0.4 is 21.3 Å². The maximum atomic E-state index is 15.2. The highest BCUT2D eigenvalue weighted by atomic mass is 35.5. The molecule has 2 aromatic carbocycles. The van der Waals surface area contributed by atoms with Crippen LogP contribution in [0, 0.1) is 11.6 Å². The average Bonchev–Trinajstić information content (AvgIpc) is 2.68. The van der Waals surface area contributed by atoms with Crippen LogP contribution in [-0.2, 0) is 6.61 Å². The summed E-state index contributed by atoms with van der Waals surface area (Å²) in [4.78, 5) is 3.25. The van der Waals surface area contributed by atoms with Gasteiger partial charge >= 0.3 is 0 Å². The maximum absolute atomic E-state index is 15.2. The quantitative estimate of drug-likeness (QED) is 0.400. The van der Waals surface area contributed by atoms with Crippen LogP contribution in [0.3, 0.4) is 0 Å². The molecule has 2 heterocycles. The van der Waals surface area contributed by atoms with Gasteiger partial charge in [-0.3, -0.25) is 0 Å². The summed E-state index contributed by atoms with van der Waals surface area (Å²) in [7, 11) is 0. The van der Waals surface area contributed by atoms with Crippen molar-refractivity contribution in [3.05, 3.63) is 76.7 Å². The third-order valence-electron chi connectivity index (χ3n) is 5.68. The Morgan fingerprint density at radius 1 is 1.22 bits per heavy atom. The van der Waals surface area contributed by atoms with Gasteiger partial charge in [0.2, 0.25) is 0 Å². The van der Waals surface area contributed by atoms with Crippen molar-refractivity contribution in [2.45, 2.75) is 19.1 Å². The molecule has 4 rings (SSSR count). The van der Waals surface area contributed by atoms with E-state index in [4.69, 9.17) is 23.1 Å². The van der Waals surface area contributed by atoms with Crippen molar-refractivity contribution < 1.29 is 19.0 Å². The van der Waals surface area contributed by atoms with Crippen LogP contribution in [0.4, 0.5) is 31.5 Å². The molecule has 0 bridgehead atoms. The van der Waals surface area contributed by atoms with E-state index < -0.39 is 23.8 Å². The van der Waals surface area contributed by atoms with Crippen LogP contribution in [0.25, 0.3) is 5.57 Å². The molecule has 0 saturated carbocycles. The number of anilines is 4. The molecule has 0 radical (unpaired) electrons. The van der Waals surface area contributed by atoms with Crippen molar-refractivity contribution in [2.75, 3.05) is 28.6 Å². The van der Waals surface area contributed by atoms with Gasteiger partial charge in [-0.15, -0.1) is 0 Å². The number of hydrogen-bond acceptors (Lipinski definition) is 6. The minimum absolute atomic E-state index is 0.0855. The number of aliphatic hydroxyl groups is 2. The number of benzene rings is 2. The van der Waals surface area contributed by atoms with E-state index in [1.807, 2.05) is 6.92 Å². The number of rotatable bonds is 4. The zero-order valence-electron chi connectivity index (χ0n) is 17.4. The molecule has 2 aliphatic rings. The van der Waals surface area contributed by atoms with E-state index in [0.29, 0.717) is 35.6 Å². The number of fused-ring (bicyclic) bond motifs is 1. The zero-order valence-corrected chi connectivity index (χ0v) is 18.2. The minimum Gasteiger partial charge on any atom is -0.508 e. The van der Waals surface area contributed by atoms with Crippen molar-refractivity contribution >= 4 is 39.9 Å². The van der Waals surface area contributed by atoms with E-state index >= 15 is 4.39 Å². The lowest BCUT2D eigenvalue weighted by atomic mass is 9.89. The molecule has 0 aliphatic carbocycles. The van der Waals surface area contributed by atoms with Crippen LogP contribution in [-0.4, -0.2) is 28.8 Å². The van der Waals surface area contributed by atoms with Crippen LogP contribution >= 0.6 is 11.6 Å². The van der Waals surface area contributed by atoms with Gasteiger partial charge in [-0.05, 0) is 30.7 Å². The van der Waals surface area contributed by atoms with Crippen LogP contribution in [0.2, 0.25) is 5.02 Å². The first-order chi connectivity index (χ1) is 14.9. The van der Waals surface area contributed by atoms with Crippen LogP contribution in [0.1, 0.15) is 18.1 Å². The monoisotopic (exact) mass is 460 g/mol. The molecule has 0 amide bonds. The largest absolute Gasteiger partial charge is 0.508 e. The predicted molar refractivity (Wildman–Crippen MR) is 124 cm³/mol. The number of allylic oxidation sites excluding steroid dienone is 1. The Morgan fingerprint density at radius 2 is 1.88 bits per heavy atom. The first-order valence-corrected chi connectivity index (χ1v) is 10.2. The molecule has 2 aromatic rings. The third kappa shape index (κ3) is 3.40. The van der Waals surface area contributed by atoms with Crippen molar-refractivity contribution in [2.24, 2.45) is 5.73 Å². The fraction of sp³-hybridized carbons (Fsp3) is 0.217. The Kier molecular flexibility index (Phi) is 5.20. The summed E-state index contributed by atoms with van der Waals surface area (Å²) >= 11 is 6.75. The summed E-state index contributed by atoms with van der Waals surface area (Å²) < 4.78 is 29.3. The summed E-state index contributed by atoms with van der Waals surface area (Å²) in [6.45, 7) is 9.69. The van der Waals surface area contributed by atoms with Crippen molar-refractivity contribution in [1.29, 1.82) is 0 Å². The SMILES string of the molecule is C=C(O)C1=CN(c2cc(N)c(F)cc2CO)c2c(cc(F)c(N3CC(C)(N)C3)c2Cl)C1=C. The molecule has 1 saturated heterocycles. The molecule has 168 valence electrons. The van der Waals surface area contributed by atoms with Gasteiger partial charge in [0.1, 0.15) is 17.4 Å². The molecule has 0 aromatic heterocycles. The van der Waals surface area contributed by atoms with Crippen molar-refractivity contribution in [1.82, 2.24) is 0 Å². The van der Waals surface area contributed by atoms with Gasteiger partial charge in [-0.2, -0.15) is 0 Å². The molecule has 6 nitrogen and oxygen atoms in total. The minimum atomic E-state index is -0.691. The zero-order chi connectivity index (χ0) is 23.5. The van der Waals surface area contributed by atoms with E-state index in [0.717, 1.165) is 6.07 Å². The van der Waals surface area contributed by atoms with E-state index in [2.05, 4.69) is 13.2 Å². The highest BCUT2D eigenvalue weighted by Gasteiger charge is 2.39. The van der Waals surface area contributed by atoms with Crippen LogP contribution in [0.5, 0.6) is 0 Å². The molecule has 9 heteroatoms. The first-order valence-electron chi connectivity index (χ1n) is 9.78. The lowest BCUT2D eigenvalue weighted by Crippen LogP contribution is -2.66. The number of nitrogens with two attached hydrogens (primary N) is 2. The summed E-state index contributed by atoms with van der Waals surface area (Å²) in [5.74, 6) is -1.56. The second-order valence-electron chi connectivity index (χ2n) is 8.43. The molecule has 6 N–H and O–H groups in total. The molecule has 32 heavy (non-hydrogen) atoms. The highest BCUT2D eigenvalue weighted by molar-refractivity contribution is 6.37. The number of hydrogen-bond donors (Lipinski definition) is 4. The van der Waals surface area contributed by atoms with Gasteiger partial charge < -0.3 is 31.5 Å². The smallest absolute Gasteiger partial charge is 0.148 e. The number of halogens is 3. The third-order valence-corrected chi connectivity index (χ3v) is 6.03. The van der Waals surface area contributed by atoms with Gasteiger partial charge in [-0.1, -0.05) is 24.8 Å². The van der Waals surface area contributed by atoms with Gasteiger partial charge in [0.25, 0.3) is 0 Å². The van der Waals surface area contributed by atoms with E-state index in [1.54, 1.807) is 4.90 Å². The Hall–Kier alpha value is -3.07. The first kappa shape index (κ1) is 22.1. The Bertz CT molecular complexity index is 1200.